The van der Waals surface area contributed by atoms with Gasteiger partial charge in [-0.3, -0.25) is 0 Å². The first-order valence-electron chi connectivity index (χ1n) is 6.18. The van der Waals surface area contributed by atoms with Crippen molar-refractivity contribution in [2.24, 2.45) is 0 Å². The van der Waals surface area contributed by atoms with Crippen molar-refractivity contribution in [1.29, 1.82) is 0 Å². The molecule has 18 heavy (non-hydrogen) atoms. The SMILES string of the molecule is CNC1CCCN(C(=O)Nc2ccccc2Cl)C1. The van der Waals surface area contributed by atoms with Gasteiger partial charge in [0.25, 0.3) is 0 Å². The van der Waals surface area contributed by atoms with E-state index >= 15 is 0 Å². The Labute approximate surface area is 112 Å². The van der Waals surface area contributed by atoms with Crippen LogP contribution in [0.2, 0.25) is 5.02 Å². The standard InChI is InChI=1S/C13H18ClN3O/c1-15-10-5-4-8-17(9-10)13(18)16-12-7-3-2-6-11(12)14/h2-3,6-7,10,15H,4-5,8-9H2,1H3,(H,16,18). The number of carbonyl (C=O) groups excluding carboxylic acids is 1. The molecule has 2 N–H and O–H groups in total. The van der Waals surface area contributed by atoms with Crippen LogP contribution in [0.3, 0.4) is 0 Å². The summed E-state index contributed by atoms with van der Waals surface area (Å²) in [6.45, 7) is 1.54. The second kappa shape index (κ2) is 6.07. The van der Waals surface area contributed by atoms with E-state index in [9.17, 15) is 4.79 Å². The number of carbonyl (C=O) groups is 1. The van der Waals surface area contributed by atoms with Gasteiger partial charge < -0.3 is 15.5 Å². The predicted molar refractivity (Wildman–Crippen MR) is 74.1 cm³/mol. The number of urea groups is 1. The number of piperidine rings is 1. The minimum atomic E-state index is -0.0805. The van der Waals surface area contributed by atoms with Crippen LogP contribution in [0.1, 0.15) is 12.8 Å². The van der Waals surface area contributed by atoms with Crippen LogP contribution in [0.4, 0.5) is 10.5 Å². The number of halogens is 1. The quantitative estimate of drug-likeness (QED) is 0.865. The summed E-state index contributed by atoms with van der Waals surface area (Å²) in [5.41, 5.74) is 0.663. The molecule has 98 valence electrons. The summed E-state index contributed by atoms with van der Waals surface area (Å²) in [4.78, 5) is 13.9. The van der Waals surface area contributed by atoms with E-state index in [0.717, 1.165) is 25.9 Å². The Morgan fingerprint density at radius 1 is 1.44 bits per heavy atom. The van der Waals surface area contributed by atoms with Gasteiger partial charge in [0.2, 0.25) is 0 Å². The van der Waals surface area contributed by atoms with Crippen LogP contribution < -0.4 is 10.6 Å². The molecule has 1 fully saturated rings. The van der Waals surface area contributed by atoms with Gasteiger partial charge in [0.15, 0.2) is 0 Å². The molecule has 1 aliphatic rings. The fourth-order valence-corrected chi connectivity index (χ4v) is 2.34. The minimum absolute atomic E-state index is 0.0805. The number of anilines is 1. The number of rotatable bonds is 2. The lowest BCUT2D eigenvalue weighted by atomic mass is 10.1. The average Bonchev–Trinajstić information content (AvgIpc) is 2.41. The number of para-hydroxylation sites is 1. The first-order chi connectivity index (χ1) is 8.70. The first kappa shape index (κ1) is 13.2. The van der Waals surface area contributed by atoms with Crippen molar-refractivity contribution < 1.29 is 4.79 Å². The van der Waals surface area contributed by atoms with Gasteiger partial charge in [-0.2, -0.15) is 0 Å². The molecule has 1 saturated heterocycles. The van der Waals surface area contributed by atoms with E-state index in [-0.39, 0.29) is 6.03 Å². The molecule has 0 saturated carbocycles. The lowest BCUT2D eigenvalue weighted by Gasteiger charge is -2.32. The second-order valence-electron chi connectivity index (χ2n) is 4.48. The third-order valence-electron chi connectivity index (χ3n) is 3.23. The van der Waals surface area contributed by atoms with Gasteiger partial charge >= 0.3 is 6.03 Å². The van der Waals surface area contributed by atoms with Crippen molar-refractivity contribution in [1.82, 2.24) is 10.2 Å². The molecule has 1 heterocycles. The van der Waals surface area contributed by atoms with E-state index in [1.807, 2.05) is 24.1 Å². The Morgan fingerprint density at radius 3 is 2.94 bits per heavy atom. The molecule has 4 nitrogen and oxygen atoms in total. The van der Waals surface area contributed by atoms with Gasteiger partial charge in [0.05, 0.1) is 10.7 Å². The summed E-state index contributed by atoms with van der Waals surface area (Å²) in [6.07, 6.45) is 2.15. The lowest BCUT2D eigenvalue weighted by Crippen LogP contribution is -2.48. The van der Waals surface area contributed by atoms with E-state index in [1.54, 1.807) is 12.1 Å². The van der Waals surface area contributed by atoms with Crippen molar-refractivity contribution in [3.8, 4) is 0 Å². The molecule has 1 aromatic carbocycles. The van der Waals surface area contributed by atoms with Crippen molar-refractivity contribution >= 4 is 23.3 Å². The molecule has 0 spiro atoms. The summed E-state index contributed by atoms with van der Waals surface area (Å²) < 4.78 is 0. The van der Waals surface area contributed by atoms with Crippen LogP contribution in [0.15, 0.2) is 24.3 Å². The van der Waals surface area contributed by atoms with Gasteiger partial charge in [0.1, 0.15) is 0 Å². The fourth-order valence-electron chi connectivity index (χ4n) is 2.15. The highest BCUT2D eigenvalue weighted by molar-refractivity contribution is 6.33. The van der Waals surface area contributed by atoms with Crippen molar-refractivity contribution in [3.63, 3.8) is 0 Å². The largest absolute Gasteiger partial charge is 0.323 e. The van der Waals surface area contributed by atoms with Crippen LogP contribution in [0.25, 0.3) is 0 Å². The molecule has 1 atom stereocenters. The van der Waals surface area contributed by atoms with Crippen LogP contribution in [0.5, 0.6) is 0 Å². The van der Waals surface area contributed by atoms with E-state index in [4.69, 9.17) is 11.6 Å². The van der Waals surface area contributed by atoms with Gasteiger partial charge in [-0.15, -0.1) is 0 Å². The molecule has 0 aliphatic carbocycles. The molecule has 0 radical (unpaired) electrons. The molecule has 2 rings (SSSR count). The van der Waals surface area contributed by atoms with Crippen LogP contribution in [-0.2, 0) is 0 Å². The first-order valence-corrected chi connectivity index (χ1v) is 6.56. The van der Waals surface area contributed by atoms with Gasteiger partial charge in [-0.25, -0.2) is 4.79 Å². The van der Waals surface area contributed by atoms with Crippen LogP contribution in [0, 0.1) is 0 Å². The topological polar surface area (TPSA) is 44.4 Å². The van der Waals surface area contributed by atoms with Crippen molar-refractivity contribution in [2.45, 2.75) is 18.9 Å². The zero-order valence-electron chi connectivity index (χ0n) is 10.4. The lowest BCUT2D eigenvalue weighted by molar-refractivity contribution is 0.187. The van der Waals surface area contributed by atoms with Crippen molar-refractivity contribution in [2.75, 3.05) is 25.5 Å². The van der Waals surface area contributed by atoms with E-state index < -0.39 is 0 Å². The highest BCUT2D eigenvalue weighted by Gasteiger charge is 2.22. The van der Waals surface area contributed by atoms with Gasteiger partial charge in [-0.1, -0.05) is 23.7 Å². The predicted octanol–water partition coefficient (Wildman–Crippen LogP) is 2.56. The maximum atomic E-state index is 12.1. The number of benzene rings is 1. The summed E-state index contributed by atoms with van der Waals surface area (Å²) in [5, 5.41) is 6.63. The van der Waals surface area contributed by atoms with Crippen LogP contribution >= 0.6 is 11.6 Å². The highest BCUT2D eigenvalue weighted by atomic mass is 35.5. The molecule has 1 aromatic rings. The number of nitrogens with zero attached hydrogens (tertiary/aromatic N) is 1. The minimum Gasteiger partial charge on any atom is -0.323 e. The molecule has 1 aliphatic heterocycles. The molecule has 5 heteroatoms. The van der Waals surface area contributed by atoms with Gasteiger partial charge in [0, 0.05) is 19.1 Å². The van der Waals surface area contributed by atoms with Crippen LogP contribution in [-0.4, -0.2) is 37.1 Å². The number of nitrogens with one attached hydrogen (secondary N) is 2. The second-order valence-corrected chi connectivity index (χ2v) is 4.89. The van der Waals surface area contributed by atoms with E-state index in [2.05, 4.69) is 10.6 Å². The average molecular weight is 268 g/mol. The summed E-state index contributed by atoms with van der Waals surface area (Å²) in [7, 11) is 1.93. The van der Waals surface area contributed by atoms with E-state index in [0.29, 0.717) is 16.8 Å². The Kier molecular flexibility index (Phi) is 4.44. The summed E-state index contributed by atoms with van der Waals surface area (Å²) >= 11 is 6.02. The zero-order chi connectivity index (χ0) is 13.0. The zero-order valence-corrected chi connectivity index (χ0v) is 11.2. The number of likely N-dealkylation sites (N-methyl/N-ethyl adjacent to an activating group) is 1. The number of likely N-dealkylation sites (tertiary alicyclic amines) is 1. The molecule has 1 unspecified atom stereocenters. The maximum Gasteiger partial charge on any atom is 0.321 e. The third-order valence-corrected chi connectivity index (χ3v) is 3.56. The summed E-state index contributed by atoms with van der Waals surface area (Å²) in [6, 6.07) is 7.58. The van der Waals surface area contributed by atoms with Gasteiger partial charge in [-0.05, 0) is 32.0 Å². The summed E-state index contributed by atoms with van der Waals surface area (Å²) in [5.74, 6) is 0. The fraction of sp³-hybridized carbons (Fsp3) is 0.462. The Morgan fingerprint density at radius 2 is 2.22 bits per heavy atom. The smallest absolute Gasteiger partial charge is 0.321 e. The highest BCUT2D eigenvalue weighted by Crippen LogP contribution is 2.21. The number of hydrogen-bond donors (Lipinski definition) is 2. The molecular weight excluding hydrogens is 250 g/mol. The number of amides is 2. The Bertz CT molecular complexity index is 424. The number of hydrogen-bond acceptors (Lipinski definition) is 2. The Hall–Kier alpha value is -1.26. The monoisotopic (exact) mass is 267 g/mol. The maximum absolute atomic E-state index is 12.1. The Balaban J connectivity index is 1.97. The third kappa shape index (κ3) is 3.15. The molecule has 2 amide bonds. The van der Waals surface area contributed by atoms with Crippen molar-refractivity contribution in [3.05, 3.63) is 29.3 Å². The normalized spacial score (nSPS) is 19.7. The molecule has 0 bridgehead atoms. The molecular formula is C13H18ClN3O. The molecule has 0 aromatic heterocycles. The van der Waals surface area contributed by atoms with E-state index in [1.165, 1.54) is 0 Å².